The average Bonchev–Trinajstić information content (AvgIpc) is 2.30. The van der Waals surface area contributed by atoms with Crippen LogP contribution in [0.3, 0.4) is 0 Å². The molecular formula is C12H17Br2NO3S. The molecule has 0 aromatic heterocycles. The number of hydrogen-bond acceptors (Lipinski definition) is 3. The number of halogens is 2. The molecule has 0 spiro atoms. The predicted molar refractivity (Wildman–Crippen MR) is 82.9 cm³/mol. The second kappa shape index (κ2) is 7.61. The number of rotatable bonds is 7. The molecule has 1 aromatic rings. The van der Waals surface area contributed by atoms with Crippen molar-refractivity contribution in [2.45, 2.75) is 37.5 Å². The number of unbranched alkanes of at least 4 members (excludes halogenated alkanes) is 3. The van der Waals surface area contributed by atoms with Gasteiger partial charge in [-0.25, -0.2) is 13.6 Å². The lowest BCUT2D eigenvalue weighted by atomic mass is 10.2. The average molecular weight is 415 g/mol. The zero-order valence-corrected chi connectivity index (χ0v) is 14.6. The van der Waals surface area contributed by atoms with E-state index in [1.807, 2.05) is 0 Å². The van der Waals surface area contributed by atoms with E-state index in [-0.39, 0.29) is 4.90 Å². The molecule has 0 saturated carbocycles. The maximum Gasteiger partial charge on any atom is 0.238 e. The molecule has 7 heteroatoms. The van der Waals surface area contributed by atoms with E-state index in [9.17, 15) is 8.42 Å². The number of nitrogens with two attached hydrogens (primary N) is 1. The van der Waals surface area contributed by atoms with Crippen LogP contribution in [0.15, 0.2) is 26.0 Å². The summed E-state index contributed by atoms with van der Waals surface area (Å²) in [7, 11) is -3.71. The molecule has 0 unspecified atom stereocenters. The van der Waals surface area contributed by atoms with Crippen molar-refractivity contribution in [3.63, 3.8) is 0 Å². The van der Waals surface area contributed by atoms with Gasteiger partial charge in [-0.2, -0.15) is 0 Å². The van der Waals surface area contributed by atoms with E-state index < -0.39 is 10.0 Å². The third-order valence-electron chi connectivity index (χ3n) is 2.54. The molecule has 108 valence electrons. The Morgan fingerprint density at radius 1 is 1.16 bits per heavy atom. The lowest BCUT2D eigenvalue weighted by molar-refractivity contribution is 0.301. The molecular weight excluding hydrogens is 398 g/mol. The van der Waals surface area contributed by atoms with Crippen molar-refractivity contribution in [1.29, 1.82) is 0 Å². The van der Waals surface area contributed by atoms with Crippen LogP contribution in [-0.4, -0.2) is 15.0 Å². The minimum atomic E-state index is -3.71. The summed E-state index contributed by atoms with van der Waals surface area (Å²) < 4.78 is 29.3. The fraction of sp³-hybridized carbons (Fsp3) is 0.500. The molecule has 0 bridgehead atoms. The van der Waals surface area contributed by atoms with Crippen molar-refractivity contribution in [2.24, 2.45) is 5.14 Å². The summed E-state index contributed by atoms with van der Waals surface area (Å²) >= 11 is 6.60. The van der Waals surface area contributed by atoms with Gasteiger partial charge < -0.3 is 4.74 Å². The van der Waals surface area contributed by atoms with Gasteiger partial charge in [0.05, 0.1) is 20.4 Å². The first-order valence-corrected chi connectivity index (χ1v) is 9.14. The van der Waals surface area contributed by atoms with Gasteiger partial charge in [-0.1, -0.05) is 26.2 Å². The van der Waals surface area contributed by atoms with Gasteiger partial charge in [0.25, 0.3) is 0 Å². The van der Waals surface area contributed by atoms with Crippen molar-refractivity contribution in [3.05, 3.63) is 21.1 Å². The minimum absolute atomic E-state index is 0.0459. The largest absolute Gasteiger partial charge is 0.491 e. The number of primary sulfonamides is 1. The molecule has 19 heavy (non-hydrogen) atoms. The molecule has 0 fully saturated rings. The van der Waals surface area contributed by atoms with E-state index in [4.69, 9.17) is 9.88 Å². The highest BCUT2D eigenvalue weighted by atomic mass is 79.9. The maximum atomic E-state index is 11.3. The number of sulfonamides is 1. The summed E-state index contributed by atoms with van der Waals surface area (Å²) in [5.41, 5.74) is 0. The highest BCUT2D eigenvalue weighted by Crippen LogP contribution is 2.35. The molecule has 0 aliphatic heterocycles. The molecule has 1 aromatic carbocycles. The minimum Gasteiger partial charge on any atom is -0.491 e. The van der Waals surface area contributed by atoms with E-state index in [0.717, 1.165) is 12.8 Å². The smallest absolute Gasteiger partial charge is 0.238 e. The van der Waals surface area contributed by atoms with Gasteiger partial charge in [0.2, 0.25) is 10.0 Å². The van der Waals surface area contributed by atoms with Gasteiger partial charge in [0.1, 0.15) is 5.75 Å². The second-order valence-corrected chi connectivity index (χ2v) is 7.44. The fourth-order valence-electron chi connectivity index (χ4n) is 1.54. The molecule has 0 aliphatic rings. The predicted octanol–water partition coefficient (Wildman–Crippen LogP) is 3.82. The molecule has 1 rings (SSSR count). The Bertz CT molecular complexity index is 509. The number of benzene rings is 1. The molecule has 2 N–H and O–H groups in total. The van der Waals surface area contributed by atoms with E-state index in [2.05, 4.69) is 38.8 Å². The maximum absolute atomic E-state index is 11.3. The molecule has 4 nitrogen and oxygen atoms in total. The monoisotopic (exact) mass is 413 g/mol. The highest BCUT2D eigenvalue weighted by molar-refractivity contribution is 9.11. The van der Waals surface area contributed by atoms with Crippen molar-refractivity contribution >= 4 is 41.9 Å². The van der Waals surface area contributed by atoms with E-state index >= 15 is 0 Å². The van der Waals surface area contributed by atoms with Crippen LogP contribution >= 0.6 is 31.9 Å². The third-order valence-corrected chi connectivity index (χ3v) is 4.62. The Hall–Kier alpha value is -0.110. The van der Waals surface area contributed by atoms with E-state index in [0.29, 0.717) is 21.3 Å². The molecule has 0 heterocycles. The van der Waals surface area contributed by atoms with Crippen molar-refractivity contribution in [3.8, 4) is 5.75 Å². The Morgan fingerprint density at radius 2 is 1.74 bits per heavy atom. The first-order valence-electron chi connectivity index (χ1n) is 6.01. The van der Waals surface area contributed by atoms with Crippen LogP contribution in [0.5, 0.6) is 5.75 Å². The quantitative estimate of drug-likeness (QED) is 0.689. The van der Waals surface area contributed by atoms with Crippen molar-refractivity contribution in [2.75, 3.05) is 6.61 Å². The van der Waals surface area contributed by atoms with Crippen LogP contribution in [0.4, 0.5) is 0 Å². The standard InChI is InChI=1S/C12H17Br2NO3S/c1-2-3-4-5-6-18-12-10(13)7-9(8-11(12)14)19(15,16)17/h7-8H,2-6H2,1H3,(H2,15,16,17). The van der Waals surface area contributed by atoms with Gasteiger partial charge in [-0.15, -0.1) is 0 Å². The van der Waals surface area contributed by atoms with Gasteiger partial charge in [0.15, 0.2) is 0 Å². The third kappa shape index (κ3) is 5.41. The zero-order chi connectivity index (χ0) is 14.5. The second-order valence-electron chi connectivity index (χ2n) is 4.17. The summed E-state index contributed by atoms with van der Waals surface area (Å²) in [5.74, 6) is 0.601. The zero-order valence-electron chi connectivity index (χ0n) is 10.7. The number of hydrogen-bond donors (Lipinski definition) is 1. The number of ether oxygens (including phenoxy) is 1. The molecule has 0 aliphatic carbocycles. The summed E-state index contributed by atoms with van der Waals surface area (Å²) in [5, 5.41) is 5.09. The molecule has 0 saturated heterocycles. The summed E-state index contributed by atoms with van der Waals surface area (Å²) in [6.07, 6.45) is 4.47. The van der Waals surface area contributed by atoms with Crippen LogP contribution in [-0.2, 0) is 10.0 Å². The van der Waals surface area contributed by atoms with Crippen LogP contribution in [0, 0.1) is 0 Å². The Balaban J connectivity index is 2.75. The lowest BCUT2D eigenvalue weighted by Gasteiger charge is -2.11. The van der Waals surface area contributed by atoms with Gasteiger partial charge in [-0.05, 0) is 50.4 Å². The Kier molecular flexibility index (Phi) is 6.79. The van der Waals surface area contributed by atoms with Crippen molar-refractivity contribution in [1.82, 2.24) is 0 Å². The Morgan fingerprint density at radius 3 is 2.21 bits per heavy atom. The normalized spacial score (nSPS) is 11.6. The van der Waals surface area contributed by atoms with Crippen LogP contribution < -0.4 is 9.88 Å². The highest BCUT2D eigenvalue weighted by Gasteiger charge is 2.15. The van der Waals surface area contributed by atoms with E-state index in [1.54, 1.807) is 0 Å². The molecule has 0 amide bonds. The molecule has 0 radical (unpaired) electrons. The lowest BCUT2D eigenvalue weighted by Crippen LogP contribution is -2.12. The van der Waals surface area contributed by atoms with Crippen LogP contribution in [0.2, 0.25) is 0 Å². The van der Waals surface area contributed by atoms with Crippen LogP contribution in [0.1, 0.15) is 32.6 Å². The summed E-state index contributed by atoms with van der Waals surface area (Å²) in [6.45, 7) is 2.76. The van der Waals surface area contributed by atoms with Crippen LogP contribution in [0.25, 0.3) is 0 Å². The van der Waals surface area contributed by atoms with Crippen molar-refractivity contribution < 1.29 is 13.2 Å². The van der Waals surface area contributed by atoms with Gasteiger partial charge in [0, 0.05) is 0 Å². The van der Waals surface area contributed by atoms with Gasteiger partial charge >= 0.3 is 0 Å². The molecule has 0 atom stereocenters. The first-order chi connectivity index (χ1) is 8.86. The fourth-order valence-corrected chi connectivity index (χ4v) is 3.82. The van der Waals surface area contributed by atoms with E-state index in [1.165, 1.54) is 25.0 Å². The van der Waals surface area contributed by atoms with Gasteiger partial charge in [-0.3, -0.25) is 0 Å². The first kappa shape index (κ1) is 16.9. The SMILES string of the molecule is CCCCCCOc1c(Br)cc(S(N)(=O)=O)cc1Br. The Labute approximate surface area is 131 Å². The topological polar surface area (TPSA) is 69.4 Å². The summed E-state index contributed by atoms with van der Waals surface area (Å²) in [6, 6.07) is 2.89. The summed E-state index contributed by atoms with van der Waals surface area (Å²) in [4.78, 5) is 0.0459.